The number of hydrogen-bond acceptors (Lipinski definition) is 3. The second kappa shape index (κ2) is 4.78. The molecule has 0 N–H and O–H groups in total. The molecule has 0 amide bonds. The number of hydrogen-bond donors (Lipinski definition) is 0. The average Bonchev–Trinajstić information content (AvgIpc) is 2.11. The van der Waals surface area contributed by atoms with E-state index in [0.29, 0.717) is 11.8 Å². The van der Waals surface area contributed by atoms with Crippen LogP contribution in [0.4, 0.5) is 0 Å². The number of rotatable bonds is 4. The monoisotopic (exact) mass is 199 g/mol. The summed E-state index contributed by atoms with van der Waals surface area (Å²) in [5.41, 5.74) is 0. The van der Waals surface area contributed by atoms with Crippen molar-refractivity contribution in [2.75, 3.05) is 20.2 Å². The van der Waals surface area contributed by atoms with Crippen LogP contribution in [0, 0.1) is 11.8 Å². The van der Waals surface area contributed by atoms with Gasteiger partial charge < -0.3 is 4.74 Å². The van der Waals surface area contributed by atoms with Crippen LogP contribution in [-0.2, 0) is 9.53 Å². The van der Waals surface area contributed by atoms with E-state index in [1.807, 2.05) is 0 Å². The van der Waals surface area contributed by atoms with Gasteiger partial charge in [-0.05, 0) is 18.3 Å². The molecule has 3 heteroatoms. The van der Waals surface area contributed by atoms with Crippen molar-refractivity contribution >= 4 is 5.97 Å². The largest absolute Gasteiger partial charge is 0.468 e. The number of likely N-dealkylation sites (tertiary alicyclic amines) is 1. The SMILES string of the molecule is COC(=O)C1CCN1CC(C)C(C)C. The van der Waals surface area contributed by atoms with Gasteiger partial charge in [0.25, 0.3) is 0 Å². The van der Waals surface area contributed by atoms with E-state index in [9.17, 15) is 4.79 Å². The van der Waals surface area contributed by atoms with Crippen molar-refractivity contribution < 1.29 is 9.53 Å². The Bertz CT molecular complexity index is 203. The third-order valence-electron chi connectivity index (χ3n) is 3.26. The first kappa shape index (κ1) is 11.5. The maximum absolute atomic E-state index is 11.3. The molecule has 2 unspecified atom stereocenters. The van der Waals surface area contributed by atoms with Crippen molar-refractivity contribution in [3.05, 3.63) is 0 Å². The quantitative estimate of drug-likeness (QED) is 0.643. The first-order valence-corrected chi connectivity index (χ1v) is 5.38. The van der Waals surface area contributed by atoms with Crippen LogP contribution in [0.1, 0.15) is 27.2 Å². The molecule has 82 valence electrons. The van der Waals surface area contributed by atoms with E-state index in [1.54, 1.807) is 0 Å². The Kier molecular flexibility index (Phi) is 3.93. The molecular weight excluding hydrogens is 178 g/mol. The molecule has 0 aromatic carbocycles. The molecular formula is C11H21NO2. The summed E-state index contributed by atoms with van der Waals surface area (Å²) >= 11 is 0. The van der Waals surface area contributed by atoms with Crippen LogP contribution in [0.3, 0.4) is 0 Å². The molecule has 2 atom stereocenters. The summed E-state index contributed by atoms with van der Waals surface area (Å²) in [4.78, 5) is 13.5. The minimum atomic E-state index is -0.0767. The minimum Gasteiger partial charge on any atom is -0.468 e. The number of ether oxygens (including phenoxy) is 1. The second-order valence-electron chi connectivity index (χ2n) is 4.54. The standard InChI is InChI=1S/C11H21NO2/c1-8(2)9(3)7-12-6-5-10(12)11(13)14-4/h8-10H,5-7H2,1-4H3. The van der Waals surface area contributed by atoms with Gasteiger partial charge in [-0.25, -0.2) is 0 Å². The maximum atomic E-state index is 11.3. The average molecular weight is 199 g/mol. The predicted octanol–water partition coefficient (Wildman–Crippen LogP) is 1.53. The summed E-state index contributed by atoms with van der Waals surface area (Å²) in [6.45, 7) is 8.72. The summed E-state index contributed by atoms with van der Waals surface area (Å²) < 4.78 is 4.75. The molecule has 1 rings (SSSR count). The number of methoxy groups -OCH3 is 1. The first-order chi connectivity index (χ1) is 6.56. The maximum Gasteiger partial charge on any atom is 0.323 e. The Balaban J connectivity index is 2.36. The third kappa shape index (κ3) is 2.47. The Hall–Kier alpha value is -0.570. The zero-order valence-electron chi connectivity index (χ0n) is 9.62. The molecule has 0 aliphatic carbocycles. The molecule has 0 saturated carbocycles. The molecule has 1 aliphatic rings. The van der Waals surface area contributed by atoms with Gasteiger partial charge in [0, 0.05) is 13.1 Å². The minimum absolute atomic E-state index is 0.0289. The van der Waals surface area contributed by atoms with E-state index in [0.717, 1.165) is 19.5 Å². The topological polar surface area (TPSA) is 29.5 Å². The molecule has 1 saturated heterocycles. The zero-order valence-corrected chi connectivity index (χ0v) is 9.62. The van der Waals surface area contributed by atoms with Crippen LogP contribution in [0.15, 0.2) is 0 Å². The van der Waals surface area contributed by atoms with Crippen molar-refractivity contribution in [3.8, 4) is 0 Å². The Morgan fingerprint density at radius 2 is 2.14 bits per heavy atom. The highest BCUT2D eigenvalue weighted by Gasteiger charge is 2.35. The van der Waals surface area contributed by atoms with Crippen molar-refractivity contribution in [1.82, 2.24) is 4.90 Å². The summed E-state index contributed by atoms with van der Waals surface area (Å²) in [7, 11) is 1.46. The van der Waals surface area contributed by atoms with Crippen LogP contribution in [0.25, 0.3) is 0 Å². The lowest BCUT2D eigenvalue weighted by Gasteiger charge is -2.40. The van der Waals surface area contributed by atoms with Gasteiger partial charge in [0.1, 0.15) is 6.04 Å². The van der Waals surface area contributed by atoms with Gasteiger partial charge in [0.2, 0.25) is 0 Å². The van der Waals surface area contributed by atoms with E-state index in [1.165, 1.54) is 7.11 Å². The van der Waals surface area contributed by atoms with E-state index in [-0.39, 0.29) is 12.0 Å². The predicted molar refractivity (Wildman–Crippen MR) is 56.0 cm³/mol. The van der Waals surface area contributed by atoms with Crippen LogP contribution in [-0.4, -0.2) is 37.1 Å². The lowest BCUT2D eigenvalue weighted by molar-refractivity contribution is -0.152. The van der Waals surface area contributed by atoms with Gasteiger partial charge >= 0.3 is 5.97 Å². The van der Waals surface area contributed by atoms with Crippen LogP contribution in [0.2, 0.25) is 0 Å². The number of carbonyl (C=O) groups excluding carboxylic acids is 1. The first-order valence-electron chi connectivity index (χ1n) is 5.38. The van der Waals surface area contributed by atoms with Crippen molar-refractivity contribution in [2.45, 2.75) is 33.2 Å². The highest BCUT2D eigenvalue weighted by molar-refractivity contribution is 5.76. The smallest absolute Gasteiger partial charge is 0.323 e. The van der Waals surface area contributed by atoms with Gasteiger partial charge in [-0.15, -0.1) is 0 Å². The summed E-state index contributed by atoms with van der Waals surface area (Å²) in [5, 5.41) is 0. The van der Waals surface area contributed by atoms with E-state index >= 15 is 0 Å². The Morgan fingerprint density at radius 3 is 2.50 bits per heavy atom. The fraction of sp³-hybridized carbons (Fsp3) is 0.909. The molecule has 0 spiro atoms. The second-order valence-corrected chi connectivity index (χ2v) is 4.54. The zero-order chi connectivity index (χ0) is 10.7. The third-order valence-corrected chi connectivity index (χ3v) is 3.26. The van der Waals surface area contributed by atoms with E-state index in [4.69, 9.17) is 4.74 Å². The fourth-order valence-electron chi connectivity index (χ4n) is 1.64. The molecule has 0 radical (unpaired) electrons. The number of nitrogens with zero attached hydrogens (tertiary/aromatic N) is 1. The van der Waals surface area contributed by atoms with Gasteiger partial charge in [-0.2, -0.15) is 0 Å². The molecule has 1 heterocycles. The number of carbonyl (C=O) groups is 1. The normalized spacial score (nSPS) is 24.5. The molecule has 3 nitrogen and oxygen atoms in total. The van der Waals surface area contributed by atoms with Crippen LogP contribution >= 0.6 is 0 Å². The Morgan fingerprint density at radius 1 is 1.50 bits per heavy atom. The van der Waals surface area contributed by atoms with Gasteiger partial charge in [0.05, 0.1) is 7.11 Å². The van der Waals surface area contributed by atoms with Crippen molar-refractivity contribution in [1.29, 1.82) is 0 Å². The summed E-state index contributed by atoms with van der Waals surface area (Å²) in [5.74, 6) is 1.24. The van der Waals surface area contributed by atoms with Crippen LogP contribution < -0.4 is 0 Å². The van der Waals surface area contributed by atoms with E-state index < -0.39 is 0 Å². The molecule has 0 bridgehead atoms. The lowest BCUT2D eigenvalue weighted by atomic mass is 9.94. The molecule has 1 aliphatic heterocycles. The lowest BCUT2D eigenvalue weighted by Crippen LogP contribution is -2.54. The van der Waals surface area contributed by atoms with Gasteiger partial charge in [-0.3, -0.25) is 9.69 Å². The highest BCUT2D eigenvalue weighted by Crippen LogP contribution is 2.22. The van der Waals surface area contributed by atoms with E-state index in [2.05, 4.69) is 25.7 Å². The summed E-state index contributed by atoms with van der Waals surface area (Å²) in [6.07, 6.45) is 0.956. The van der Waals surface area contributed by atoms with Gasteiger partial charge in [0.15, 0.2) is 0 Å². The summed E-state index contributed by atoms with van der Waals surface area (Å²) in [6, 6.07) is 0.0289. The molecule has 14 heavy (non-hydrogen) atoms. The number of esters is 1. The molecule has 0 aromatic heterocycles. The van der Waals surface area contributed by atoms with Crippen LogP contribution in [0.5, 0.6) is 0 Å². The molecule has 0 aromatic rings. The Labute approximate surface area is 86.4 Å². The van der Waals surface area contributed by atoms with Gasteiger partial charge in [-0.1, -0.05) is 20.8 Å². The fourth-order valence-corrected chi connectivity index (χ4v) is 1.64. The highest BCUT2D eigenvalue weighted by atomic mass is 16.5. The van der Waals surface area contributed by atoms with Crippen molar-refractivity contribution in [2.24, 2.45) is 11.8 Å². The van der Waals surface area contributed by atoms with Crippen molar-refractivity contribution in [3.63, 3.8) is 0 Å². The molecule has 1 fully saturated rings.